The van der Waals surface area contributed by atoms with Gasteiger partial charge in [0.05, 0.1) is 13.1 Å². The maximum atomic E-state index is 12.6. The van der Waals surface area contributed by atoms with E-state index in [0.717, 1.165) is 11.4 Å². The monoisotopic (exact) mass is 378 g/mol. The average molecular weight is 378 g/mol. The molecule has 2 N–H and O–H groups in total. The lowest BCUT2D eigenvalue weighted by Crippen LogP contribution is -2.54. The molecule has 1 aliphatic heterocycles. The van der Waals surface area contributed by atoms with Crippen molar-refractivity contribution in [1.82, 2.24) is 9.97 Å². The molecule has 8 nitrogen and oxygen atoms in total. The minimum Gasteiger partial charge on any atom is -0.314 e. The van der Waals surface area contributed by atoms with Crippen LogP contribution in [0.3, 0.4) is 0 Å². The number of anilines is 2. The summed E-state index contributed by atoms with van der Waals surface area (Å²) in [6, 6.07) is 19.6. The Kier molecular flexibility index (Phi) is 5.81. The van der Waals surface area contributed by atoms with Crippen LogP contribution in [-0.4, -0.2) is 34.9 Å². The van der Waals surface area contributed by atoms with Gasteiger partial charge in [0, 0.05) is 23.6 Å². The molecule has 0 radical (unpaired) electrons. The van der Waals surface area contributed by atoms with Crippen LogP contribution in [0, 0.1) is 0 Å². The fourth-order valence-corrected chi connectivity index (χ4v) is 2.69. The van der Waals surface area contributed by atoms with Crippen LogP contribution in [0.25, 0.3) is 0 Å². The first-order valence-corrected chi connectivity index (χ1v) is 8.53. The van der Waals surface area contributed by atoms with Gasteiger partial charge in [-0.1, -0.05) is 36.4 Å². The summed E-state index contributed by atoms with van der Waals surface area (Å²) < 4.78 is 0. The van der Waals surface area contributed by atoms with Gasteiger partial charge in [0.25, 0.3) is 5.56 Å². The number of carbonyl (C=O) groups excluding carboxylic acids is 2. The van der Waals surface area contributed by atoms with E-state index < -0.39 is 5.69 Å². The molecular weight excluding hydrogens is 360 g/mol. The zero-order valence-corrected chi connectivity index (χ0v) is 14.9. The van der Waals surface area contributed by atoms with Crippen LogP contribution in [-0.2, 0) is 4.79 Å². The number of Topliss-reactive ketones (excluding diaryl/α,β-unsaturated/α-hetero) is 1. The molecule has 2 aromatic carbocycles. The van der Waals surface area contributed by atoms with Crippen LogP contribution in [0.2, 0.25) is 0 Å². The predicted molar refractivity (Wildman–Crippen MR) is 106 cm³/mol. The molecule has 4 rings (SSSR count). The fourth-order valence-electron chi connectivity index (χ4n) is 2.69. The highest BCUT2D eigenvalue weighted by Gasteiger charge is 2.32. The molecule has 0 atom stereocenters. The van der Waals surface area contributed by atoms with E-state index in [1.165, 1.54) is 22.1 Å². The lowest BCUT2D eigenvalue weighted by Gasteiger charge is -2.34. The number of urea groups is 1. The van der Waals surface area contributed by atoms with Crippen molar-refractivity contribution in [1.29, 1.82) is 0 Å². The maximum absolute atomic E-state index is 12.6. The molecule has 2 amide bonds. The normalized spacial score (nSPS) is 13.7. The first-order chi connectivity index (χ1) is 13.5. The SMILES string of the molecule is O=C1CN(c2ccccc2)C(=O)N(c2ccccc2)C1.O=c1cc[nH]c(=O)[nH]1. The number of hydrogen-bond donors (Lipinski definition) is 2. The Morgan fingerprint density at radius 3 is 1.57 bits per heavy atom. The summed E-state index contributed by atoms with van der Waals surface area (Å²) in [5, 5.41) is 0. The lowest BCUT2D eigenvalue weighted by molar-refractivity contribution is -0.116. The number of rotatable bonds is 2. The highest BCUT2D eigenvalue weighted by Crippen LogP contribution is 2.23. The molecule has 1 saturated heterocycles. The second kappa shape index (κ2) is 8.63. The van der Waals surface area contributed by atoms with Crippen LogP contribution in [0.4, 0.5) is 16.2 Å². The van der Waals surface area contributed by atoms with Gasteiger partial charge < -0.3 is 4.98 Å². The summed E-state index contributed by atoms with van der Waals surface area (Å²) >= 11 is 0. The average Bonchev–Trinajstić information content (AvgIpc) is 2.71. The third kappa shape index (κ3) is 4.61. The van der Waals surface area contributed by atoms with Gasteiger partial charge in [0.1, 0.15) is 0 Å². The van der Waals surface area contributed by atoms with Crippen LogP contribution in [0.5, 0.6) is 0 Å². The van der Waals surface area contributed by atoms with E-state index in [2.05, 4.69) is 4.98 Å². The standard InChI is InChI=1S/C16H14N2O2.C4H4N2O2/c19-15-11-17(13-7-3-1-4-8-13)16(20)18(12-15)14-9-5-2-6-10-14;7-3-1-2-5-4(8)6-3/h1-10H,11-12H2;1-2H,(H2,5,6,7,8). The highest BCUT2D eigenvalue weighted by molar-refractivity contribution is 6.13. The van der Waals surface area contributed by atoms with Crippen LogP contribution in [0.15, 0.2) is 82.5 Å². The van der Waals surface area contributed by atoms with E-state index in [1.807, 2.05) is 65.6 Å². The van der Waals surface area contributed by atoms with Crippen molar-refractivity contribution in [3.05, 3.63) is 93.8 Å². The zero-order valence-electron chi connectivity index (χ0n) is 14.9. The van der Waals surface area contributed by atoms with Gasteiger partial charge >= 0.3 is 11.7 Å². The van der Waals surface area contributed by atoms with E-state index in [1.54, 1.807) is 0 Å². The molecule has 1 aromatic heterocycles. The Balaban J connectivity index is 0.000000236. The van der Waals surface area contributed by atoms with Crippen LogP contribution >= 0.6 is 0 Å². The number of H-pyrrole nitrogens is 2. The lowest BCUT2D eigenvalue weighted by atomic mass is 10.2. The third-order valence-corrected chi connectivity index (χ3v) is 3.95. The van der Waals surface area contributed by atoms with Gasteiger partial charge in [-0.3, -0.25) is 24.4 Å². The summed E-state index contributed by atoms with van der Waals surface area (Å²) in [4.78, 5) is 52.2. The van der Waals surface area contributed by atoms with Gasteiger partial charge in [0.15, 0.2) is 5.78 Å². The third-order valence-electron chi connectivity index (χ3n) is 3.95. The number of nitrogens with one attached hydrogen (secondary N) is 2. The highest BCUT2D eigenvalue weighted by atomic mass is 16.2. The Bertz CT molecular complexity index is 982. The number of nitrogens with zero attached hydrogens (tertiary/aromatic N) is 2. The molecule has 0 bridgehead atoms. The molecule has 0 saturated carbocycles. The molecule has 1 aliphatic rings. The van der Waals surface area contributed by atoms with Gasteiger partial charge in [0.2, 0.25) is 0 Å². The van der Waals surface area contributed by atoms with Crippen molar-refractivity contribution in [2.45, 2.75) is 0 Å². The van der Waals surface area contributed by atoms with Crippen LogP contribution in [0.1, 0.15) is 0 Å². The summed E-state index contributed by atoms with van der Waals surface area (Å²) in [6.07, 6.45) is 1.29. The molecule has 8 heteroatoms. The number of amides is 2. The number of carbonyl (C=O) groups is 2. The van der Waals surface area contributed by atoms with E-state index in [0.29, 0.717) is 0 Å². The summed E-state index contributed by atoms with van der Waals surface area (Å²) in [5.41, 5.74) is 0.629. The molecule has 0 aliphatic carbocycles. The van der Waals surface area contributed by atoms with Crippen molar-refractivity contribution in [2.24, 2.45) is 0 Å². The molecule has 0 unspecified atom stereocenters. The Hall–Kier alpha value is -3.94. The molecule has 0 spiro atoms. The van der Waals surface area contributed by atoms with Crippen molar-refractivity contribution in [2.75, 3.05) is 22.9 Å². The summed E-state index contributed by atoms with van der Waals surface area (Å²) in [5.74, 6) is 0.0253. The largest absolute Gasteiger partial charge is 0.329 e. The quantitative estimate of drug-likeness (QED) is 0.709. The van der Waals surface area contributed by atoms with E-state index >= 15 is 0 Å². The topological polar surface area (TPSA) is 106 Å². The van der Waals surface area contributed by atoms with Crippen molar-refractivity contribution in [3.8, 4) is 0 Å². The van der Waals surface area contributed by atoms with Gasteiger partial charge in [-0.05, 0) is 24.3 Å². The second-order valence-electron chi connectivity index (χ2n) is 5.96. The number of ketones is 1. The second-order valence-corrected chi connectivity index (χ2v) is 5.96. The van der Waals surface area contributed by atoms with Gasteiger partial charge in [-0.25, -0.2) is 9.59 Å². The molecule has 1 fully saturated rings. The smallest absolute Gasteiger partial charge is 0.314 e. The van der Waals surface area contributed by atoms with Gasteiger partial charge in [-0.15, -0.1) is 0 Å². The number of aromatic nitrogens is 2. The molecule has 2 heterocycles. The maximum Gasteiger partial charge on any atom is 0.329 e. The minimum atomic E-state index is -0.475. The summed E-state index contributed by atoms with van der Waals surface area (Å²) in [6.45, 7) is 0.262. The van der Waals surface area contributed by atoms with E-state index in [4.69, 9.17) is 0 Å². The Morgan fingerprint density at radius 1 is 0.679 bits per heavy atom. The predicted octanol–water partition coefficient (Wildman–Crippen LogP) is 1.77. The minimum absolute atomic E-state index is 0.0253. The Labute approximate surface area is 160 Å². The number of para-hydroxylation sites is 2. The molecular formula is C20H18N4O4. The number of benzene rings is 2. The first-order valence-electron chi connectivity index (χ1n) is 8.53. The molecule has 142 valence electrons. The number of hydrogen-bond acceptors (Lipinski definition) is 4. The molecule has 3 aromatic rings. The first kappa shape index (κ1) is 18.8. The van der Waals surface area contributed by atoms with Crippen molar-refractivity contribution in [3.63, 3.8) is 0 Å². The zero-order chi connectivity index (χ0) is 19.9. The summed E-state index contributed by atoms with van der Waals surface area (Å²) in [7, 11) is 0. The molecule has 28 heavy (non-hydrogen) atoms. The van der Waals surface area contributed by atoms with Crippen LogP contribution < -0.4 is 21.0 Å². The van der Waals surface area contributed by atoms with Crippen molar-refractivity contribution < 1.29 is 9.59 Å². The number of aromatic amines is 2. The van der Waals surface area contributed by atoms with Crippen molar-refractivity contribution >= 4 is 23.2 Å². The van der Waals surface area contributed by atoms with Gasteiger partial charge in [-0.2, -0.15) is 0 Å². The van der Waals surface area contributed by atoms with E-state index in [9.17, 15) is 19.2 Å². The van der Waals surface area contributed by atoms with E-state index in [-0.39, 0.29) is 30.5 Å². The fraction of sp³-hybridized carbons (Fsp3) is 0.100. The Morgan fingerprint density at radius 2 is 1.18 bits per heavy atom.